The number of hydrogen-bond donors (Lipinski definition) is 1. The monoisotopic (exact) mass is 305 g/mol. The average molecular weight is 305 g/mol. The van der Waals surface area contributed by atoms with Crippen molar-refractivity contribution in [2.75, 3.05) is 6.61 Å². The van der Waals surface area contributed by atoms with Crippen LogP contribution in [0.25, 0.3) is 5.57 Å². The highest BCUT2D eigenvalue weighted by Gasteiger charge is 2.23. The SMILES string of the molecule is CCOC(=O)/C=C(\CC)c1cccc2c1CON(C(=O)O)C2. The molecule has 0 unspecified atom stereocenters. The van der Waals surface area contributed by atoms with E-state index in [1.54, 1.807) is 6.92 Å². The van der Waals surface area contributed by atoms with E-state index >= 15 is 0 Å². The molecule has 6 nitrogen and oxygen atoms in total. The second-order valence-electron chi connectivity index (χ2n) is 4.81. The molecule has 1 N–H and O–H groups in total. The van der Waals surface area contributed by atoms with Crippen LogP contribution in [0.1, 0.15) is 37.0 Å². The van der Waals surface area contributed by atoms with Crippen LogP contribution < -0.4 is 0 Å². The number of allylic oxidation sites excluding steroid dienone is 1. The normalized spacial score (nSPS) is 14.5. The molecule has 0 fully saturated rings. The quantitative estimate of drug-likeness (QED) is 0.683. The van der Waals surface area contributed by atoms with Crippen molar-refractivity contribution in [3.63, 3.8) is 0 Å². The van der Waals surface area contributed by atoms with E-state index in [0.29, 0.717) is 13.0 Å². The fourth-order valence-corrected chi connectivity index (χ4v) is 2.42. The molecule has 0 atom stereocenters. The summed E-state index contributed by atoms with van der Waals surface area (Å²) in [4.78, 5) is 27.9. The van der Waals surface area contributed by atoms with E-state index in [1.807, 2.05) is 25.1 Å². The van der Waals surface area contributed by atoms with Gasteiger partial charge in [0.2, 0.25) is 0 Å². The number of nitrogens with zero attached hydrogens (tertiary/aromatic N) is 1. The van der Waals surface area contributed by atoms with Crippen LogP contribution >= 0.6 is 0 Å². The van der Waals surface area contributed by atoms with E-state index in [-0.39, 0.29) is 19.1 Å². The molecule has 0 bridgehead atoms. The zero-order valence-corrected chi connectivity index (χ0v) is 12.7. The molecular formula is C16H19NO5. The van der Waals surface area contributed by atoms with E-state index < -0.39 is 6.09 Å². The van der Waals surface area contributed by atoms with Gasteiger partial charge in [-0.2, -0.15) is 5.06 Å². The highest BCUT2D eigenvalue weighted by Crippen LogP contribution is 2.29. The number of hydroxylamine groups is 2. The van der Waals surface area contributed by atoms with Crippen LogP contribution in [-0.2, 0) is 27.5 Å². The smallest absolute Gasteiger partial charge is 0.431 e. The summed E-state index contributed by atoms with van der Waals surface area (Å²) in [5.41, 5.74) is 3.55. The Hall–Kier alpha value is -2.34. The number of ether oxygens (including phenoxy) is 1. The van der Waals surface area contributed by atoms with E-state index in [2.05, 4.69) is 0 Å². The molecule has 0 spiro atoms. The summed E-state index contributed by atoms with van der Waals surface area (Å²) in [7, 11) is 0. The van der Waals surface area contributed by atoms with Gasteiger partial charge < -0.3 is 9.84 Å². The third kappa shape index (κ3) is 3.46. The number of rotatable bonds is 4. The summed E-state index contributed by atoms with van der Waals surface area (Å²) in [5.74, 6) is -0.374. The summed E-state index contributed by atoms with van der Waals surface area (Å²) >= 11 is 0. The lowest BCUT2D eigenvalue weighted by Crippen LogP contribution is -2.33. The molecule has 118 valence electrons. The fourth-order valence-electron chi connectivity index (χ4n) is 2.42. The summed E-state index contributed by atoms with van der Waals surface area (Å²) in [6, 6.07) is 5.64. The molecule has 0 aliphatic carbocycles. The van der Waals surface area contributed by atoms with E-state index in [9.17, 15) is 9.59 Å². The zero-order valence-electron chi connectivity index (χ0n) is 12.7. The molecule has 0 aromatic heterocycles. The van der Waals surface area contributed by atoms with Gasteiger partial charge in [-0.3, -0.25) is 4.84 Å². The first kappa shape index (κ1) is 16.0. The predicted molar refractivity (Wildman–Crippen MR) is 79.7 cm³/mol. The minimum absolute atomic E-state index is 0.165. The molecule has 0 saturated carbocycles. The minimum Gasteiger partial charge on any atom is -0.463 e. The summed E-state index contributed by atoms with van der Waals surface area (Å²) in [5, 5.41) is 9.90. The van der Waals surface area contributed by atoms with Crippen LogP contribution in [0.5, 0.6) is 0 Å². The van der Waals surface area contributed by atoms with Crippen LogP contribution in [-0.4, -0.2) is 28.8 Å². The molecule has 1 aromatic rings. The number of carbonyl (C=O) groups is 2. The molecule has 0 saturated heterocycles. The maximum absolute atomic E-state index is 11.7. The van der Waals surface area contributed by atoms with Gasteiger partial charge in [0.1, 0.15) is 6.61 Å². The van der Waals surface area contributed by atoms with Gasteiger partial charge in [-0.05, 0) is 35.6 Å². The molecule has 1 aliphatic heterocycles. The molecular weight excluding hydrogens is 286 g/mol. The Morgan fingerprint density at radius 2 is 2.18 bits per heavy atom. The van der Waals surface area contributed by atoms with Gasteiger partial charge in [-0.1, -0.05) is 25.1 Å². The van der Waals surface area contributed by atoms with Crippen molar-refractivity contribution in [3.05, 3.63) is 41.0 Å². The van der Waals surface area contributed by atoms with E-state index in [4.69, 9.17) is 14.7 Å². The number of benzene rings is 1. The standard InChI is InChI=1S/C16H19NO5/c1-3-11(8-15(18)21-4-2)13-7-5-6-12-9-17(16(19)20)22-10-14(12)13/h5-8H,3-4,9-10H2,1-2H3,(H,19,20)/b11-8+. The van der Waals surface area contributed by atoms with Crippen molar-refractivity contribution >= 4 is 17.6 Å². The summed E-state index contributed by atoms with van der Waals surface area (Å²) in [6.45, 7) is 4.39. The van der Waals surface area contributed by atoms with Gasteiger partial charge in [0, 0.05) is 6.08 Å². The molecule has 22 heavy (non-hydrogen) atoms. The molecule has 1 amide bonds. The summed E-state index contributed by atoms with van der Waals surface area (Å²) in [6.07, 6.45) is 1.04. The second kappa shape index (κ2) is 7.09. The van der Waals surface area contributed by atoms with Crippen molar-refractivity contribution in [3.8, 4) is 0 Å². The number of amides is 1. The zero-order chi connectivity index (χ0) is 16.1. The predicted octanol–water partition coefficient (Wildman–Crippen LogP) is 2.97. The van der Waals surface area contributed by atoms with Crippen molar-refractivity contribution in [1.29, 1.82) is 0 Å². The number of carboxylic acid groups (broad SMARTS) is 1. The number of carbonyl (C=O) groups excluding carboxylic acids is 1. The minimum atomic E-state index is -1.12. The Kier molecular flexibility index (Phi) is 5.16. The Morgan fingerprint density at radius 3 is 2.82 bits per heavy atom. The van der Waals surface area contributed by atoms with Gasteiger partial charge in [0.05, 0.1) is 13.2 Å². The van der Waals surface area contributed by atoms with Crippen LogP contribution in [0.15, 0.2) is 24.3 Å². The first-order chi connectivity index (χ1) is 10.6. The lowest BCUT2D eigenvalue weighted by molar-refractivity contribution is -0.157. The molecule has 1 heterocycles. The highest BCUT2D eigenvalue weighted by atomic mass is 16.7. The second-order valence-corrected chi connectivity index (χ2v) is 4.81. The van der Waals surface area contributed by atoms with E-state index in [0.717, 1.165) is 27.3 Å². The third-order valence-corrected chi connectivity index (χ3v) is 3.47. The Morgan fingerprint density at radius 1 is 1.41 bits per heavy atom. The van der Waals surface area contributed by atoms with Crippen molar-refractivity contribution in [1.82, 2.24) is 5.06 Å². The fraction of sp³-hybridized carbons (Fsp3) is 0.375. The number of esters is 1. The highest BCUT2D eigenvalue weighted by molar-refractivity contribution is 5.92. The van der Waals surface area contributed by atoms with Gasteiger partial charge in [-0.15, -0.1) is 0 Å². The Labute approximate surface area is 128 Å². The first-order valence-electron chi connectivity index (χ1n) is 7.18. The van der Waals surface area contributed by atoms with Crippen LogP contribution in [0.4, 0.5) is 4.79 Å². The molecule has 2 rings (SSSR count). The van der Waals surface area contributed by atoms with Crippen LogP contribution in [0.3, 0.4) is 0 Å². The van der Waals surface area contributed by atoms with Gasteiger partial charge in [0.15, 0.2) is 0 Å². The third-order valence-electron chi connectivity index (χ3n) is 3.47. The van der Waals surface area contributed by atoms with Crippen molar-refractivity contribution < 1.29 is 24.3 Å². The first-order valence-corrected chi connectivity index (χ1v) is 7.18. The lowest BCUT2D eigenvalue weighted by Gasteiger charge is -2.27. The Balaban J connectivity index is 2.35. The van der Waals surface area contributed by atoms with Crippen molar-refractivity contribution in [2.45, 2.75) is 33.4 Å². The lowest BCUT2D eigenvalue weighted by atomic mass is 9.93. The molecule has 1 aromatic carbocycles. The van der Waals surface area contributed by atoms with Gasteiger partial charge in [0.25, 0.3) is 0 Å². The molecule has 6 heteroatoms. The maximum Gasteiger partial charge on any atom is 0.431 e. The number of fused-ring (bicyclic) bond motifs is 1. The topological polar surface area (TPSA) is 76.1 Å². The van der Waals surface area contributed by atoms with E-state index in [1.165, 1.54) is 6.08 Å². The Bertz CT molecular complexity index is 609. The van der Waals surface area contributed by atoms with Crippen molar-refractivity contribution in [2.24, 2.45) is 0 Å². The maximum atomic E-state index is 11.7. The molecule has 1 aliphatic rings. The average Bonchev–Trinajstić information content (AvgIpc) is 2.51. The van der Waals surface area contributed by atoms with Gasteiger partial charge in [-0.25, -0.2) is 9.59 Å². The van der Waals surface area contributed by atoms with Crippen LogP contribution in [0.2, 0.25) is 0 Å². The molecule has 0 radical (unpaired) electrons. The largest absolute Gasteiger partial charge is 0.463 e. The number of hydrogen-bond acceptors (Lipinski definition) is 4. The summed E-state index contributed by atoms with van der Waals surface area (Å²) < 4.78 is 4.96. The van der Waals surface area contributed by atoms with Gasteiger partial charge >= 0.3 is 12.1 Å². The van der Waals surface area contributed by atoms with Crippen LogP contribution in [0, 0.1) is 0 Å².